The SMILES string of the molecule is CN(C)[C@@H]1C(=O)C(C(N)=O)=C(O)[C@@]2(O)C(=O)C3=C(O)c4c(ccc(N=[N+]=[N-])c4O)CC3CC12. The number of benzene rings is 1. The number of hydrogen-bond acceptors (Lipinski definition) is 9. The van der Waals surface area contributed by atoms with Gasteiger partial charge in [-0.15, -0.1) is 0 Å². The number of aromatic hydroxyl groups is 1. The van der Waals surface area contributed by atoms with Gasteiger partial charge in [0, 0.05) is 16.4 Å². The standard InChI is InChI=1S/C21H21N5O7/c1-26(2)14-9-6-8-5-7-3-4-10(24-25-23)15(27)11(7)16(28)12(8)18(30)21(9,33)19(31)13(17(14)29)20(22)32/h3-4,8-9,14,27-28,31,33H,5-6H2,1-2H3,(H2,22,32)/t8?,9?,14-,21-/m0/s1. The van der Waals surface area contributed by atoms with Crippen LogP contribution in [0.4, 0.5) is 5.69 Å². The number of phenolic OH excluding ortho intramolecular Hbond substituents is 1. The van der Waals surface area contributed by atoms with Gasteiger partial charge in [-0.2, -0.15) is 0 Å². The van der Waals surface area contributed by atoms with E-state index < -0.39 is 63.8 Å². The van der Waals surface area contributed by atoms with Gasteiger partial charge >= 0.3 is 0 Å². The Labute approximate surface area is 186 Å². The van der Waals surface area contributed by atoms with Gasteiger partial charge in [-0.3, -0.25) is 19.3 Å². The molecule has 0 spiro atoms. The number of hydrogen-bond donors (Lipinski definition) is 5. The fraction of sp³-hybridized carbons (Fsp3) is 0.381. The van der Waals surface area contributed by atoms with Crippen molar-refractivity contribution < 1.29 is 34.8 Å². The molecule has 12 heteroatoms. The molecule has 4 atom stereocenters. The lowest BCUT2D eigenvalue weighted by atomic mass is 9.57. The summed E-state index contributed by atoms with van der Waals surface area (Å²) in [5.41, 5.74) is 10.3. The summed E-state index contributed by atoms with van der Waals surface area (Å²) >= 11 is 0. The molecule has 172 valence electrons. The van der Waals surface area contributed by atoms with Gasteiger partial charge in [-0.05, 0) is 50.0 Å². The lowest BCUT2D eigenvalue weighted by Crippen LogP contribution is -2.65. The number of rotatable bonds is 3. The van der Waals surface area contributed by atoms with E-state index in [0.717, 1.165) is 0 Å². The molecule has 2 unspecified atom stereocenters. The fourth-order valence-electron chi connectivity index (χ4n) is 5.34. The van der Waals surface area contributed by atoms with Crippen LogP contribution in [0.5, 0.6) is 5.75 Å². The van der Waals surface area contributed by atoms with Gasteiger partial charge in [-0.25, -0.2) is 0 Å². The summed E-state index contributed by atoms with van der Waals surface area (Å²) in [6.07, 6.45) is 0.170. The first-order valence-electron chi connectivity index (χ1n) is 10.0. The van der Waals surface area contributed by atoms with E-state index in [1.807, 2.05) is 0 Å². The second-order valence-electron chi connectivity index (χ2n) is 8.62. The average molecular weight is 455 g/mol. The van der Waals surface area contributed by atoms with E-state index in [2.05, 4.69) is 10.0 Å². The maximum absolute atomic E-state index is 13.6. The van der Waals surface area contributed by atoms with Crippen LogP contribution in [-0.4, -0.2) is 68.5 Å². The quantitative estimate of drug-likeness (QED) is 0.191. The van der Waals surface area contributed by atoms with Crippen molar-refractivity contribution in [2.24, 2.45) is 22.7 Å². The Bertz CT molecular complexity index is 1240. The zero-order chi connectivity index (χ0) is 24.4. The smallest absolute Gasteiger partial charge is 0.255 e. The molecule has 6 N–H and O–H groups in total. The molecule has 33 heavy (non-hydrogen) atoms. The summed E-state index contributed by atoms with van der Waals surface area (Å²) < 4.78 is 0. The highest BCUT2D eigenvalue weighted by atomic mass is 16.3. The van der Waals surface area contributed by atoms with Crippen molar-refractivity contribution >= 4 is 28.9 Å². The normalized spacial score (nSPS) is 28.8. The number of fused-ring (bicyclic) bond motifs is 3. The summed E-state index contributed by atoms with van der Waals surface area (Å²) in [6, 6.07) is 1.77. The highest BCUT2D eigenvalue weighted by molar-refractivity contribution is 6.24. The van der Waals surface area contributed by atoms with Crippen LogP contribution in [0.25, 0.3) is 16.2 Å². The van der Waals surface area contributed by atoms with Crippen LogP contribution in [0, 0.1) is 11.8 Å². The third kappa shape index (κ3) is 2.85. The highest BCUT2D eigenvalue weighted by Crippen LogP contribution is 2.53. The van der Waals surface area contributed by atoms with Crippen molar-refractivity contribution in [1.29, 1.82) is 0 Å². The molecule has 0 saturated heterocycles. The predicted octanol–water partition coefficient (Wildman–Crippen LogP) is 0.906. The van der Waals surface area contributed by atoms with E-state index in [1.165, 1.54) is 31.1 Å². The van der Waals surface area contributed by atoms with Crippen LogP contribution in [-0.2, 0) is 20.8 Å². The van der Waals surface area contributed by atoms with Gasteiger partial charge in [0.1, 0.15) is 22.8 Å². The van der Waals surface area contributed by atoms with Crippen LogP contribution in [0.15, 0.2) is 34.2 Å². The second kappa shape index (κ2) is 7.34. The number of amides is 1. The Morgan fingerprint density at radius 1 is 1.27 bits per heavy atom. The number of aliphatic hydroxyl groups is 3. The number of phenols is 1. The zero-order valence-electron chi connectivity index (χ0n) is 17.7. The number of nitrogens with zero attached hydrogens (tertiary/aromatic N) is 4. The van der Waals surface area contributed by atoms with Crippen molar-refractivity contribution in [3.8, 4) is 5.75 Å². The molecular weight excluding hydrogens is 434 g/mol. The van der Waals surface area contributed by atoms with Crippen molar-refractivity contribution in [2.75, 3.05) is 14.1 Å². The van der Waals surface area contributed by atoms with Gasteiger partial charge in [-0.1, -0.05) is 11.2 Å². The molecule has 0 aromatic heterocycles. The number of azide groups is 1. The molecule has 0 radical (unpaired) electrons. The number of aliphatic hydroxyl groups excluding tert-OH is 2. The minimum Gasteiger partial charge on any atom is -0.508 e. The molecule has 3 aliphatic carbocycles. The molecule has 0 heterocycles. The van der Waals surface area contributed by atoms with E-state index >= 15 is 0 Å². The molecule has 12 nitrogen and oxygen atoms in total. The first-order valence-corrected chi connectivity index (χ1v) is 10.0. The minimum atomic E-state index is -2.69. The van der Waals surface area contributed by atoms with Gasteiger partial charge in [0.05, 0.1) is 17.3 Å². The third-order valence-electron chi connectivity index (χ3n) is 6.72. The molecule has 1 fully saturated rings. The first kappa shape index (κ1) is 22.3. The van der Waals surface area contributed by atoms with Gasteiger partial charge in [0.2, 0.25) is 5.78 Å². The number of likely N-dealkylation sites (N-methyl/N-ethyl adjacent to an activating group) is 1. The van der Waals surface area contributed by atoms with Crippen molar-refractivity contribution in [2.45, 2.75) is 24.5 Å². The Morgan fingerprint density at radius 2 is 1.94 bits per heavy atom. The first-order chi connectivity index (χ1) is 15.5. The maximum atomic E-state index is 13.6. The Balaban J connectivity index is 1.98. The summed E-state index contributed by atoms with van der Waals surface area (Å²) in [6.45, 7) is 0. The van der Waals surface area contributed by atoms with Gasteiger partial charge < -0.3 is 26.2 Å². The van der Waals surface area contributed by atoms with Crippen LogP contribution < -0.4 is 5.73 Å². The summed E-state index contributed by atoms with van der Waals surface area (Å²) in [5, 5.41) is 47.1. The topological polar surface area (TPSA) is 210 Å². The molecule has 1 amide bonds. The average Bonchev–Trinajstić information content (AvgIpc) is 2.72. The Kier molecular flexibility index (Phi) is 4.97. The number of carbonyl (C=O) groups is 3. The predicted molar refractivity (Wildman–Crippen MR) is 113 cm³/mol. The number of ketones is 2. The minimum absolute atomic E-state index is 0.00459. The Morgan fingerprint density at radius 3 is 2.52 bits per heavy atom. The number of primary amides is 1. The van der Waals surface area contributed by atoms with E-state index in [9.17, 15) is 34.8 Å². The van der Waals surface area contributed by atoms with Crippen LogP contribution >= 0.6 is 0 Å². The van der Waals surface area contributed by atoms with E-state index in [4.69, 9.17) is 11.3 Å². The molecule has 0 aliphatic heterocycles. The summed E-state index contributed by atoms with van der Waals surface area (Å²) in [4.78, 5) is 42.5. The molecular formula is C21H21N5O7. The number of carbonyl (C=O) groups excluding carboxylic acids is 3. The van der Waals surface area contributed by atoms with Crippen molar-refractivity contribution in [3.05, 3.63) is 50.6 Å². The fourth-order valence-corrected chi connectivity index (χ4v) is 5.34. The largest absolute Gasteiger partial charge is 0.508 e. The van der Waals surface area contributed by atoms with Crippen LogP contribution in [0.3, 0.4) is 0 Å². The molecule has 1 aromatic carbocycles. The highest BCUT2D eigenvalue weighted by Gasteiger charge is 2.64. The van der Waals surface area contributed by atoms with Crippen LogP contribution in [0.1, 0.15) is 17.5 Å². The summed E-state index contributed by atoms with van der Waals surface area (Å²) in [7, 11) is 3.06. The molecule has 3 aliphatic rings. The summed E-state index contributed by atoms with van der Waals surface area (Å²) in [5.74, 6) is -7.32. The number of nitrogens with two attached hydrogens (primary N) is 1. The number of Topliss-reactive ketones (excluding diaryl/α,β-unsaturated/α-hetero) is 2. The van der Waals surface area contributed by atoms with Crippen LogP contribution in [0.2, 0.25) is 0 Å². The van der Waals surface area contributed by atoms with Gasteiger partial charge in [0.25, 0.3) is 5.91 Å². The zero-order valence-corrected chi connectivity index (χ0v) is 17.7. The molecule has 0 bridgehead atoms. The lowest BCUT2D eigenvalue weighted by Gasteiger charge is -2.50. The molecule has 1 saturated carbocycles. The van der Waals surface area contributed by atoms with Crippen molar-refractivity contribution in [3.63, 3.8) is 0 Å². The van der Waals surface area contributed by atoms with Gasteiger partial charge in [0.15, 0.2) is 11.4 Å². The second-order valence-corrected chi connectivity index (χ2v) is 8.62. The van der Waals surface area contributed by atoms with Crippen molar-refractivity contribution in [1.82, 2.24) is 4.90 Å². The molecule has 1 aromatic rings. The lowest BCUT2D eigenvalue weighted by molar-refractivity contribution is -0.153. The van der Waals surface area contributed by atoms with E-state index in [1.54, 1.807) is 0 Å². The monoisotopic (exact) mass is 455 g/mol. The van der Waals surface area contributed by atoms with E-state index in [-0.39, 0.29) is 29.7 Å². The third-order valence-corrected chi connectivity index (χ3v) is 6.72. The maximum Gasteiger partial charge on any atom is 0.255 e. The molecule has 4 rings (SSSR count). The Hall–Kier alpha value is -3.86. The van der Waals surface area contributed by atoms with E-state index in [0.29, 0.717) is 5.56 Å².